The van der Waals surface area contributed by atoms with E-state index in [-0.39, 0.29) is 31.1 Å². The van der Waals surface area contributed by atoms with Crippen molar-refractivity contribution in [2.24, 2.45) is 0 Å². The van der Waals surface area contributed by atoms with E-state index in [4.69, 9.17) is 0 Å². The van der Waals surface area contributed by atoms with Gasteiger partial charge < -0.3 is 15.1 Å². The summed E-state index contributed by atoms with van der Waals surface area (Å²) in [7, 11) is -4.99. The van der Waals surface area contributed by atoms with Crippen LogP contribution in [0.1, 0.15) is 27.5 Å². The zero-order chi connectivity index (χ0) is 28.3. The van der Waals surface area contributed by atoms with Crippen LogP contribution in [0.25, 0.3) is 10.1 Å². The molecule has 1 atom stereocenters. The topological polar surface area (TPSA) is 104 Å². The fourth-order valence-electron chi connectivity index (χ4n) is 4.83. The van der Waals surface area contributed by atoms with Crippen LogP contribution in [0.4, 0.5) is 3.89 Å². The van der Waals surface area contributed by atoms with E-state index in [1.165, 1.54) is 33.3 Å². The maximum absolute atomic E-state index is 13.6. The summed E-state index contributed by atoms with van der Waals surface area (Å²) in [6.45, 7) is 0.294. The van der Waals surface area contributed by atoms with E-state index in [9.17, 15) is 26.7 Å². The number of carbonyl (C=O) groups excluding carboxylic acids is 3. The molecule has 0 bridgehead atoms. The van der Waals surface area contributed by atoms with Gasteiger partial charge in [-0.05, 0) is 47.0 Å². The van der Waals surface area contributed by atoms with Crippen LogP contribution in [0.3, 0.4) is 0 Å². The number of thiophene rings is 1. The highest BCUT2D eigenvalue weighted by atomic mass is 32.3. The van der Waals surface area contributed by atoms with E-state index < -0.39 is 33.0 Å². The lowest BCUT2D eigenvalue weighted by Crippen LogP contribution is -2.55. The van der Waals surface area contributed by atoms with Crippen LogP contribution in [0.15, 0.2) is 89.1 Å². The molecule has 1 aromatic heterocycles. The number of amides is 3. The molecule has 0 aliphatic carbocycles. The van der Waals surface area contributed by atoms with Crippen LogP contribution in [-0.2, 0) is 26.2 Å². The van der Waals surface area contributed by atoms with Gasteiger partial charge in [-0.2, -0.15) is 8.42 Å². The first kappa shape index (κ1) is 27.5. The quantitative estimate of drug-likeness (QED) is 0.319. The molecule has 1 unspecified atom stereocenters. The number of carbonyl (C=O) groups is 3. The Balaban J connectivity index is 1.36. The van der Waals surface area contributed by atoms with Crippen molar-refractivity contribution in [1.82, 2.24) is 15.1 Å². The molecule has 0 saturated carbocycles. The standard InChI is InChI=1S/C29H26FN3O5S2/c30-40(37,38)22-10-6-9-21(17-22)29(36)32-15-16-33(26(34)18-32)27(24-19-39-25-12-5-4-11-23(24)25)28(35)31-14-13-20-7-2-1-3-8-20/h1-12,17,19,27H,13-16,18H2,(H,31,35). The van der Waals surface area contributed by atoms with Gasteiger partial charge in [-0.15, -0.1) is 15.2 Å². The number of piperazine rings is 1. The van der Waals surface area contributed by atoms with E-state index in [1.807, 2.05) is 60.0 Å². The molecule has 5 rings (SSSR count). The third-order valence-corrected chi connectivity index (χ3v) is 8.63. The lowest BCUT2D eigenvalue weighted by atomic mass is 10.0. The highest BCUT2D eigenvalue weighted by Gasteiger charge is 2.37. The van der Waals surface area contributed by atoms with Crippen molar-refractivity contribution in [3.05, 3.63) is 101 Å². The van der Waals surface area contributed by atoms with Gasteiger partial charge in [0.15, 0.2) is 0 Å². The number of halogens is 1. The van der Waals surface area contributed by atoms with Crippen molar-refractivity contribution >= 4 is 49.4 Å². The Bertz CT molecular complexity index is 1670. The second-order valence-corrected chi connectivity index (χ2v) is 11.7. The minimum atomic E-state index is -4.99. The molecule has 3 amide bonds. The fourth-order valence-corrected chi connectivity index (χ4v) is 6.32. The molecule has 1 saturated heterocycles. The molecular weight excluding hydrogens is 553 g/mol. The van der Waals surface area contributed by atoms with Gasteiger partial charge in [0, 0.05) is 35.5 Å². The SMILES string of the molecule is O=C(NCCc1ccccc1)C(c1csc2ccccc12)N1CCN(C(=O)c2cccc(S(=O)(=O)F)c2)CC1=O. The molecule has 2 heterocycles. The van der Waals surface area contributed by atoms with Crippen LogP contribution in [-0.4, -0.2) is 62.1 Å². The van der Waals surface area contributed by atoms with E-state index in [2.05, 4.69) is 5.32 Å². The first-order valence-electron chi connectivity index (χ1n) is 12.6. The molecule has 206 valence electrons. The van der Waals surface area contributed by atoms with Crippen LogP contribution < -0.4 is 5.32 Å². The Labute approximate surface area is 235 Å². The van der Waals surface area contributed by atoms with Crippen LogP contribution in [0.2, 0.25) is 0 Å². The first-order chi connectivity index (χ1) is 19.2. The Morgan fingerprint density at radius 3 is 2.48 bits per heavy atom. The zero-order valence-corrected chi connectivity index (χ0v) is 23.0. The maximum atomic E-state index is 13.6. The van der Waals surface area contributed by atoms with Gasteiger partial charge in [-0.3, -0.25) is 14.4 Å². The van der Waals surface area contributed by atoms with Crippen LogP contribution in [0.5, 0.6) is 0 Å². The van der Waals surface area contributed by atoms with E-state index in [1.54, 1.807) is 0 Å². The Kier molecular flexibility index (Phi) is 7.95. The van der Waals surface area contributed by atoms with Crippen molar-refractivity contribution in [1.29, 1.82) is 0 Å². The van der Waals surface area contributed by atoms with Gasteiger partial charge in [-0.1, -0.05) is 54.6 Å². The van der Waals surface area contributed by atoms with Gasteiger partial charge in [0.25, 0.3) is 5.91 Å². The summed E-state index contributed by atoms with van der Waals surface area (Å²) in [5, 5.41) is 5.75. The molecule has 3 aromatic carbocycles. The normalized spacial score (nSPS) is 14.8. The third kappa shape index (κ3) is 5.90. The van der Waals surface area contributed by atoms with Crippen molar-refractivity contribution in [2.45, 2.75) is 17.4 Å². The summed E-state index contributed by atoms with van der Waals surface area (Å²) in [4.78, 5) is 42.3. The highest BCUT2D eigenvalue weighted by molar-refractivity contribution is 7.86. The second kappa shape index (κ2) is 11.6. The van der Waals surface area contributed by atoms with Crippen molar-refractivity contribution in [3.8, 4) is 0 Å². The molecule has 1 fully saturated rings. The summed E-state index contributed by atoms with van der Waals surface area (Å²) in [6.07, 6.45) is 0.633. The molecule has 8 nitrogen and oxygen atoms in total. The van der Waals surface area contributed by atoms with Crippen LogP contribution >= 0.6 is 11.3 Å². The molecule has 1 N–H and O–H groups in total. The summed E-state index contributed by atoms with van der Waals surface area (Å²) in [5.41, 5.74) is 1.75. The molecule has 4 aromatic rings. The third-order valence-electron chi connectivity index (χ3n) is 6.83. The van der Waals surface area contributed by atoms with Gasteiger partial charge in [0.05, 0.1) is 4.90 Å². The number of nitrogens with one attached hydrogen (secondary N) is 1. The molecule has 0 radical (unpaired) electrons. The highest BCUT2D eigenvalue weighted by Crippen LogP contribution is 2.34. The first-order valence-corrected chi connectivity index (χ1v) is 14.9. The number of rotatable bonds is 8. The lowest BCUT2D eigenvalue weighted by Gasteiger charge is -2.38. The molecule has 1 aliphatic heterocycles. The summed E-state index contributed by atoms with van der Waals surface area (Å²) in [5.74, 6) is -1.33. The number of hydrogen-bond acceptors (Lipinski definition) is 6. The van der Waals surface area contributed by atoms with E-state index >= 15 is 0 Å². The molecule has 40 heavy (non-hydrogen) atoms. The Morgan fingerprint density at radius 2 is 1.73 bits per heavy atom. The largest absolute Gasteiger partial charge is 0.354 e. The molecule has 1 aliphatic rings. The van der Waals surface area contributed by atoms with Gasteiger partial charge >= 0.3 is 10.2 Å². The van der Waals surface area contributed by atoms with Crippen LogP contribution in [0, 0.1) is 0 Å². The fraction of sp³-hybridized carbons (Fsp3) is 0.207. The lowest BCUT2D eigenvalue weighted by molar-refractivity contribution is -0.144. The predicted molar refractivity (Wildman–Crippen MR) is 150 cm³/mol. The van der Waals surface area contributed by atoms with E-state index in [0.29, 0.717) is 18.5 Å². The smallest absolute Gasteiger partial charge is 0.332 e. The minimum absolute atomic E-state index is 0.0426. The average molecular weight is 580 g/mol. The Hall–Kier alpha value is -4.09. The van der Waals surface area contributed by atoms with Gasteiger partial charge in [0.1, 0.15) is 12.6 Å². The number of fused-ring (bicyclic) bond motifs is 1. The van der Waals surface area contributed by atoms with Gasteiger partial charge in [-0.25, -0.2) is 0 Å². The average Bonchev–Trinajstić information content (AvgIpc) is 3.37. The van der Waals surface area contributed by atoms with Crippen molar-refractivity contribution < 1.29 is 26.7 Å². The predicted octanol–water partition coefficient (Wildman–Crippen LogP) is 3.94. The summed E-state index contributed by atoms with van der Waals surface area (Å²) >= 11 is 1.49. The number of hydrogen-bond donors (Lipinski definition) is 1. The number of benzene rings is 3. The summed E-state index contributed by atoms with van der Waals surface area (Å²) in [6, 6.07) is 21.2. The monoisotopic (exact) mass is 579 g/mol. The van der Waals surface area contributed by atoms with E-state index in [0.717, 1.165) is 27.8 Å². The number of nitrogens with zero attached hydrogens (tertiary/aromatic N) is 2. The van der Waals surface area contributed by atoms with Gasteiger partial charge in [0.2, 0.25) is 11.8 Å². The molecule has 0 spiro atoms. The maximum Gasteiger partial charge on any atom is 0.332 e. The molecular formula is C29H26FN3O5S2. The van der Waals surface area contributed by atoms with Crippen molar-refractivity contribution in [2.75, 3.05) is 26.2 Å². The molecule has 11 heteroatoms. The summed E-state index contributed by atoms with van der Waals surface area (Å²) < 4.78 is 37.0. The second-order valence-electron chi connectivity index (χ2n) is 9.40. The minimum Gasteiger partial charge on any atom is -0.354 e. The zero-order valence-electron chi connectivity index (χ0n) is 21.3. The Morgan fingerprint density at radius 1 is 0.975 bits per heavy atom. The van der Waals surface area contributed by atoms with Crippen molar-refractivity contribution in [3.63, 3.8) is 0 Å².